The Balaban J connectivity index is 2.03. The van der Waals surface area contributed by atoms with Crippen molar-refractivity contribution in [3.05, 3.63) is 77.2 Å². The Bertz CT molecular complexity index is 464. The molecule has 0 heterocycles. The molecule has 2 atom stereocenters. The van der Waals surface area contributed by atoms with Gasteiger partial charge in [-0.15, -0.1) is 0 Å². The second-order valence-electron chi connectivity index (χ2n) is 4.90. The van der Waals surface area contributed by atoms with Gasteiger partial charge in [0.25, 0.3) is 0 Å². The lowest BCUT2D eigenvalue weighted by molar-refractivity contribution is 0.139. The van der Waals surface area contributed by atoms with Crippen LogP contribution in [0.5, 0.6) is 0 Å². The van der Waals surface area contributed by atoms with E-state index in [1.165, 1.54) is 6.42 Å². The first-order chi connectivity index (χ1) is 9.06. The molecule has 0 fully saturated rings. The summed E-state index contributed by atoms with van der Waals surface area (Å²) in [5, 5.41) is 20.2. The summed E-state index contributed by atoms with van der Waals surface area (Å²) < 4.78 is 0. The van der Waals surface area contributed by atoms with Crippen molar-refractivity contribution in [3.63, 3.8) is 0 Å². The van der Waals surface area contributed by atoms with Crippen LogP contribution in [-0.4, -0.2) is 10.2 Å². The highest BCUT2D eigenvalue weighted by Gasteiger charge is 2.15. The topological polar surface area (TPSA) is 40.5 Å². The predicted octanol–water partition coefficient (Wildman–Crippen LogP) is 3.27. The second-order valence-corrected chi connectivity index (χ2v) is 4.90. The van der Waals surface area contributed by atoms with Crippen LogP contribution in [0.25, 0.3) is 0 Å². The Morgan fingerprint density at radius 1 is 0.684 bits per heavy atom. The van der Waals surface area contributed by atoms with Gasteiger partial charge in [-0.2, -0.15) is 0 Å². The maximum absolute atomic E-state index is 10.1. The zero-order valence-electron chi connectivity index (χ0n) is 11.2. The lowest BCUT2D eigenvalue weighted by atomic mass is 9.98. The monoisotopic (exact) mass is 255 g/mol. The minimum atomic E-state index is -0.767. The summed E-state index contributed by atoms with van der Waals surface area (Å²) in [7, 11) is 0. The number of hydrogen-bond acceptors (Lipinski definition) is 2. The van der Waals surface area contributed by atoms with Gasteiger partial charge in [-0.05, 0) is 25.0 Å². The molecule has 0 amide bonds. The van der Waals surface area contributed by atoms with Crippen molar-refractivity contribution >= 4 is 0 Å². The Morgan fingerprint density at radius 3 is 1.32 bits per heavy atom. The predicted molar refractivity (Wildman–Crippen MR) is 76.6 cm³/mol. The van der Waals surface area contributed by atoms with Gasteiger partial charge in [-0.3, -0.25) is 0 Å². The molecule has 0 aliphatic rings. The summed E-state index contributed by atoms with van der Waals surface area (Å²) in [5.41, 5.74) is 3.87. The molecular weight excluding hydrogens is 236 g/mol. The molecule has 1 radical (unpaired) electrons. The van der Waals surface area contributed by atoms with Gasteiger partial charge in [-0.25, -0.2) is 0 Å². The van der Waals surface area contributed by atoms with Gasteiger partial charge in [0.1, 0.15) is 0 Å². The number of aliphatic hydroxyl groups excluding tert-OH is 2. The molecule has 99 valence electrons. The Kier molecular flexibility index (Phi) is 4.35. The minimum absolute atomic E-state index is 0.767. The number of hydrogen-bond donors (Lipinski definition) is 2. The van der Waals surface area contributed by atoms with Crippen molar-refractivity contribution in [1.29, 1.82) is 0 Å². The van der Waals surface area contributed by atoms with Crippen LogP contribution in [0.4, 0.5) is 0 Å². The highest BCUT2D eigenvalue weighted by molar-refractivity contribution is 5.28. The van der Waals surface area contributed by atoms with E-state index < -0.39 is 12.2 Å². The average molecular weight is 255 g/mol. The van der Waals surface area contributed by atoms with Crippen LogP contribution in [0.15, 0.2) is 48.5 Å². The maximum atomic E-state index is 10.1. The molecule has 2 rings (SSSR count). The van der Waals surface area contributed by atoms with Gasteiger partial charge in [0.05, 0.1) is 12.2 Å². The summed E-state index contributed by atoms with van der Waals surface area (Å²) >= 11 is 0. The van der Waals surface area contributed by atoms with Crippen LogP contribution in [0.3, 0.4) is 0 Å². The fourth-order valence-electron chi connectivity index (χ4n) is 1.92. The third-order valence-electron chi connectivity index (χ3n) is 3.20. The SMILES string of the molecule is Cc1ccc(C(O)[CH]C(O)c2ccc(C)cc2)cc1. The molecule has 2 N–H and O–H groups in total. The first kappa shape index (κ1) is 13.8. The minimum Gasteiger partial charge on any atom is -0.388 e. The van der Waals surface area contributed by atoms with E-state index in [0.717, 1.165) is 22.3 Å². The smallest absolute Gasteiger partial charge is 0.0851 e. The largest absolute Gasteiger partial charge is 0.388 e. The van der Waals surface area contributed by atoms with Gasteiger partial charge in [-0.1, -0.05) is 59.7 Å². The first-order valence-electron chi connectivity index (χ1n) is 6.40. The molecule has 0 saturated heterocycles. The molecule has 0 spiro atoms. The lowest BCUT2D eigenvalue weighted by Crippen LogP contribution is -2.06. The average Bonchev–Trinajstić information content (AvgIpc) is 2.40. The number of rotatable bonds is 4. The summed E-state index contributed by atoms with van der Waals surface area (Å²) in [5.74, 6) is 0. The van der Waals surface area contributed by atoms with Gasteiger partial charge in [0.15, 0.2) is 0 Å². The standard InChI is InChI=1S/C17H19O2/c1-12-3-7-14(8-4-12)16(18)11-17(19)15-9-5-13(2)6-10-15/h3-11,16-19H,1-2H3. The molecule has 0 aliphatic heterocycles. The zero-order valence-corrected chi connectivity index (χ0v) is 11.2. The van der Waals surface area contributed by atoms with Crippen LogP contribution < -0.4 is 0 Å². The van der Waals surface area contributed by atoms with E-state index in [1.807, 2.05) is 62.4 Å². The molecule has 0 saturated carbocycles. The number of benzene rings is 2. The quantitative estimate of drug-likeness (QED) is 0.880. The molecule has 2 aromatic carbocycles. The van der Waals surface area contributed by atoms with Crippen molar-refractivity contribution in [1.82, 2.24) is 0 Å². The number of aliphatic hydroxyl groups is 2. The van der Waals surface area contributed by atoms with Gasteiger partial charge >= 0.3 is 0 Å². The summed E-state index contributed by atoms with van der Waals surface area (Å²) in [6.07, 6.45) is 0.00352. The van der Waals surface area contributed by atoms with E-state index >= 15 is 0 Å². The highest BCUT2D eigenvalue weighted by Crippen LogP contribution is 2.25. The molecule has 0 aromatic heterocycles. The third kappa shape index (κ3) is 3.66. The fourth-order valence-corrected chi connectivity index (χ4v) is 1.92. The lowest BCUT2D eigenvalue weighted by Gasteiger charge is -2.16. The fraction of sp³-hybridized carbons (Fsp3) is 0.235. The Labute approximate surface area is 114 Å². The molecule has 19 heavy (non-hydrogen) atoms. The Morgan fingerprint density at radius 2 is 1.00 bits per heavy atom. The highest BCUT2D eigenvalue weighted by atomic mass is 16.3. The summed E-state index contributed by atoms with van der Waals surface area (Å²) in [6.45, 7) is 4.00. The van der Waals surface area contributed by atoms with Gasteiger partial charge in [0.2, 0.25) is 0 Å². The molecule has 0 aliphatic carbocycles. The van der Waals surface area contributed by atoms with E-state index in [4.69, 9.17) is 0 Å². The van der Waals surface area contributed by atoms with Gasteiger partial charge in [0, 0.05) is 6.42 Å². The van der Waals surface area contributed by atoms with Crippen LogP contribution >= 0.6 is 0 Å². The van der Waals surface area contributed by atoms with Crippen LogP contribution in [0, 0.1) is 20.3 Å². The first-order valence-corrected chi connectivity index (χ1v) is 6.40. The van der Waals surface area contributed by atoms with Crippen LogP contribution in [-0.2, 0) is 0 Å². The number of aryl methyl sites for hydroxylation is 2. The van der Waals surface area contributed by atoms with Crippen molar-refractivity contribution in [3.8, 4) is 0 Å². The normalized spacial score (nSPS) is 14.1. The molecule has 2 nitrogen and oxygen atoms in total. The summed E-state index contributed by atoms with van der Waals surface area (Å²) in [6, 6.07) is 15.3. The maximum Gasteiger partial charge on any atom is 0.0851 e. The second kappa shape index (κ2) is 6.00. The van der Waals surface area contributed by atoms with Crippen molar-refractivity contribution in [2.75, 3.05) is 0 Å². The van der Waals surface area contributed by atoms with E-state index in [0.29, 0.717) is 0 Å². The molecule has 0 bridgehead atoms. The molecular formula is C17H19O2. The van der Waals surface area contributed by atoms with Crippen LogP contribution in [0.1, 0.15) is 34.5 Å². The van der Waals surface area contributed by atoms with E-state index in [2.05, 4.69) is 0 Å². The Hall–Kier alpha value is -1.64. The molecule has 2 aromatic rings. The van der Waals surface area contributed by atoms with Crippen molar-refractivity contribution < 1.29 is 10.2 Å². The van der Waals surface area contributed by atoms with E-state index in [9.17, 15) is 10.2 Å². The van der Waals surface area contributed by atoms with Crippen molar-refractivity contribution in [2.45, 2.75) is 26.1 Å². The van der Waals surface area contributed by atoms with Crippen molar-refractivity contribution in [2.24, 2.45) is 0 Å². The summed E-state index contributed by atoms with van der Waals surface area (Å²) in [4.78, 5) is 0. The van der Waals surface area contributed by atoms with E-state index in [1.54, 1.807) is 0 Å². The molecule has 2 unspecified atom stereocenters. The third-order valence-corrected chi connectivity index (χ3v) is 3.20. The van der Waals surface area contributed by atoms with Gasteiger partial charge < -0.3 is 10.2 Å². The molecule has 2 heteroatoms. The van der Waals surface area contributed by atoms with Crippen LogP contribution in [0.2, 0.25) is 0 Å². The zero-order chi connectivity index (χ0) is 13.8. The van der Waals surface area contributed by atoms with E-state index in [-0.39, 0.29) is 0 Å².